The third-order valence-electron chi connectivity index (χ3n) is 3.14. The van der Waals surface area contributed by atoms with Crippen molar-refractivity contribution in [2.75, 3.05) is 0 Å². The van der Waals surface area contributed by atoms with Gasteiger partial charge in [-0.05, 0) is 63.3 Å². The Morgan fingerprint density at radius 3 is 2.78 bits per heavy atom. The van der Waals surface area contributed by atoms with Crippen LogP contribution < -0.4 is 5.73 Å². The lowest BCUT2D eigenvalue weighted by molar-refractivity contribution is 0.00693. The summed E-state index contributed by atoms with van der Waals surface area (Å²) in [4.78, 5) is 12.0. The van der Waals surface area contributed by atoms with Gasteiger partial charge in [-0.15, -0.1) is 0 Å². The Morgan fingerprint density at radius 1 is 1.39 bits per heavy atom. The van der Waals surface area contributed by atoms with Gasteiger partial charge in [-0.2, -0.15) is 0 Å². The van der Waals surface area contributed by atoms with Crippen molar-refractivity contribution in [1.29, 1.82) is 0 Å². The quantitative estimate of drug-likeness (QED) is 0.776. The number of carbonyl (C=O) groups is 1. The van der Waals surface area contributed by atoms with Gasteiger partial charge in [0.15, 0.2) is 0 Å². The molecule has 0 amide bonds. The molecule has 1 aliphatic rings. The van der Waals surface area contributed by atoms with Crippen LogP contribution in [0.2, 0.25) is 0 Å². The van der Waals surface area contributed by atoms with Crippen LogP contribution in [0.4, 0.5) is 0 Å². The van der Waals surface area contributed by atoms with Gasteiger partial charge in [0, 0.05) is 6.04 Å². The van der Waals surface area contributed by atoms with Crippen LogP contribution in [0, 0.1) is 0 Å². The molecule has 1 unspecified atom stereocenters. The Kier molecular flexibility index (Phi) is 3.44. The molecular formula is C15H21NO2. The molecular weight excluding hydrogens is 226 g/mol. The fourth-order valence-corrected chi connectivity index (χ4v) is 2.32. The zero-order chi connectivity index (χ0) is 13.3. The van der Waals surface area contributed by atoms with Crippen molar-refractivity contribution in [3.05, 3.63) is 34.9 Å². The van der Waals surface area contributed by atoms with Gasteiger partial charge < -0.3 is 10.5 Å². The normalized spacial score (nSPS) is 19.2. The number of nitrogens with two attached hydrogens (primary N) is 1. The van der Waals surface area contributed by atoms with Gasteiger partial charge in [-0.25, -0.2) is 4.79 Å². The number of ether oxygens (including phenoxy) is 1. The lowest BCUT2D eigenvalue weighted by Gasteiger charge is -2.23. The molecule has 0 heterocycles. The Morgan fingerprint density at radius 2 is 2.11 bits per heavy atom. The van der Waals surface area contributed by atoms with E-state index in [4.69, 9.17) is 10.5 Å². The van der Waals surface area contributed by atoms with E-state index in [1.54, 1.807) is 0 Å². The van der Waals surface area contributed by atoms with E-state index in [9.17, 15) is 4.79 Å². The second-order valence-corrected chi connectivity index (χ2v) is 5.91. The highest BCUT2D eigenvalue weighted by Gasteiger charge is 2.21. The molecule has 1 aromatic carbocycles. The number of aryl methyl sites for hydroxylation is 1. The first kappa shape index (κ1) is 13.1. The summed E-state index contributed by atoms with van der Waals surface area (Å²) in [6.07, 6.45) is 3.12. The second-order valence-electron chi connectivity index (χ2n) is 5.91. The minimum atomic E-state index is -0.455. The lowest BCUT2D eigenvalue weighted by Crippen LogP contribution is -2.24. The molecule has 1 aromatic rings. The van der Waals surface area contributed by atoms with Gasteiger partial charge in [0.1, 0.15) is 5.60 Å². The van der Waals surface area contributed by atoms with Crippen LogP contribution >= 0.6 is 0 Å². The monoisotopic (exact) mass is 247 g/mol. The predicted octanol–water partition coefficient (Wildman–Crippen LogP) is 2.98. The van der Waals surface area contributed by atoms with Gasteiger partial charge >= 0.3 is 5.97 Å². The summed E-state index contributed by atoms with van der Waals surface area (Å²) >= 11 is 0. The smallest absolute Gasteiger partial charge is 0.338 e. The second kappa shape index (κ2) is 4.73. The molecule has 2 rings (SSSR count). The van der Waals surface area contributed by atoms with E-state index in [1.165, 1.54) is 11.1 Å². The van der Waals surface area contributed by atoms with Crippen LogP contribution in [0.15, 0.2) is 18.2 Å². The first-order chi connectivity index (χ1) is 8.37. The van der Waals surface area contributed by atoms with E-state index in [0.29, 0.717) is 5.56 Å². The fraction of sp³-hybridized carbons (Fsp3) is 0.533. The molecule has 0 aliphatic heterocycles. The van der Waals surface area contributed by atoms with Crippen LogP contribution in [0.1, 0.15) is 61.1 Å². The highest BCUT2D eigenvalue weighted by Crippen LogP contribution is 2.29. The van der Waals surface area contributed by atoms with Crippen molar-refractivity contribution in [3.8, 4) is 0 Å². The molecule has 0 aromatic heterocycles. The van der Waals surface area contributed by atoms with Crippen LogP contribution in [-0.4, -0.2) is 11.6 Å². The van der Waals surface area contributed by atoms with Crippen molar-refractivity contribution in [2.45, 2.75) is 51.7 Å². The highest BCUT2D eigenvalue weighted by molar-refractivity contribution is 5.90. The number of benzene rings is 1. The van der Waals surface area contributed by atoms with E-state index in [1.807, 2.05) is 39.0 Å². The zero-order valence-electron chi connectivity index (χ0n) is 11.3. The molecule has 0 saturated heterocycles. The number of rotatable bonds is 1. The summed E-state index contributed by atoms with van der Waals surface area (Å²) in [5, 5.41) is 0. The van der Waals surface area contributed by atoms with E-state index in [2.05, 4.69) is 0 Å². The summed E-state index contributed by atoms with van der Waals surface area (Å²) in [7, 11) is 0. The van der Waals surface area contributed by atoms with Gasteiger partial charge in [-0.1, -0.05) is 6.07 Å². The first-order valence-electron chi connectivity index (χ1n) is 6.48. The Bertz CT molecular complexity index is 460. The molecule has 1 atom stereocenters. The molecule has 0 bridgehead atoms. The number of hydrogen-bond donors (Lipinski definition) is 1. The van der Waals surface area contributed by atoms with Gasteiger partial charge in [-0.3, -0.25) is 0 Å². The molecule has 98 valence electrons. The standard InChI is InChI=1S/C15H21NO2/c1-15(2,3)18-14(17)11-7-8-12-10(9-11)5-4-6-13(12)16/h7-9,13H,4-6,16H2,1-3H3. The minimum Gasteiger partial charge on any atom is -0.456 e. The molecule has 3 heteroatoms. The lowest BCUT2D eigenvalue weighted by atomic mass is 9.87. The summed E-state index contributed by atoms with van der Waals surface area (Å²) < 4.78 is 5.37. The van der Waals surface area contributed by atoms with E-state index < -0.39 is 5.60 Å². The summed E-state index contributed by atoms with van der Waals surface area (Å²) in [6.45, 7) is 5.62. The third-order valence-corrected chi connectivity index (χ3v) is 3.14. The third kappa shape index (κ3) is 2.91. The summed E-state index contributed by atoms with van der Waals surface area (Å²) in [5.74, 6) is -0.260. The average Bonchev–Trinajstić information content (AvgIpc) is 2.26. The largest absolute Gasteiger partial charge is 0.456 e. The Hall–Kier alpha value is -1.35. The van der Waals surface area contributed by atoms with Gasteiger partial charge in [0.2, 0.25) is 0 Å². The van der Waals surface area contributed by atoms with Crippen molar-refractivity contribution in [1.82, 2.24) is 0 Å². The van der Waals surface area contributed by atoms with Crippen molar-refractivity contribution < 1.29 is 9.53 Å². The molecule has 2 N–H and O–H groups in total. The van der Waals surface area contributed by atoms with Gasteiger partial charge in [0.25, 0.3) is 0 Å². The minimum absolute atomic E-state index is 0.112. The molecule has 0 fully saturated rings. The van der Waals surface area contributed by atoms with Crippen molar-refractivity contribution in [2.24, 2.45) is 5.73 Å². The van der Waals surface area contributed by atoms with Crippen LogP contribution in [0.5, 0.6) is 0 Å². The molecule has 18 heavy (non-hydrogen) atoms. The van der Waals surface area contributed by atoms with E-state index in [-0.39, 0.29) is 12.0 Å². The summed E-state index contributed by atoms with van der Waals surface area (Å²) in [6, 6.07) is 5.83. The fourth-order valence-electron chi connectivity index (χ4n) is 2.32. The van der Waals surface area contributed by atoms with Crippen molar-refractivity contribution in [3.63, 3.8) is 0 Å². The Labute approximate surface area is 108 Å². The number of esters is 1. The summed E-state index contributed by atoms with van der Waals surface area (Å²) in [5.41, 5.74) is 8.59. The SMILES string of the molecule is CC(C)(C)OC(=O)c1ccc2c(c1)CCCC2N. The molecule has 0 spiro atoms. The van der Waals surface area contributed by atoms with E-state index >= 15 is 0 Å². The van der Waals surface area contributed by atoms with E-state index in [0.717, 1.165) is 19.3 Å². The number of hydrogen-bond acceptors (Lipinski definition) is 3. The zero-order valence-corrected chi connectivity index (χ0v) is 11.3. The number of carbonyl (C=O) groups excluding carboxylic acids is 1. The molecule has 0 radical (unpaired) electrons. The van der Waals surface area contributed by atoms with Gasteiger partial charge in [0.05, 0.1) is 5.56 Å². The van der Waals surface area contributed by atoms with Crippen molar-refractivity contribution >= 4 is 5.97 Å². The topological polar surface area (TPSA) is 52.3 Å². The molecule has 0 saturated carbocycles. The van der Waals surface area contributed by atoms with Crippen LogP contribution in [0.25, 0.3) is 0 Å². The Balaban J connectivity index is 2.23. The maximum absolute atomic E-state index is 12.0. The predicted molar refractivity (Wildman–Crippen MR) is 71.5 cm³/mol. The number of fused-ring (bicyclic) bond motifs is 1. The highest BCUT2D eigenvalue weighted by atomic mass is 16.6. The maximum atomic E-state index is 12.0. The first-order valence-corrected chi connectivity index (χ1v) is 6.48. The molecule has 3 nitrogen and oxygen atoms in total. The maximum Gasteiger partial charge on any atom is 0.338 e. The molecule has 1 aliphatic carbocycles. The van der Waals surface area contributed by atoms with Crippen LogP contribution in [0.3, 0.4) is 0 Å². The van der Waals surface area contributed by atoms with Crippen LogP contribution in [-0.2, 0) is 11.2 Å². The average molecular weight is 247 g/mol.